The number of rotatable bonds is 5. The van der Waals surface area contributed by atoms with E-state index in [1.165, 1.54) is 16.9 Å². The number of para-hydroxylation sites is 1. The number of thiazole rings is 1. The van der Waals surface area contributed by atoms with E-state index in [-0.39, 0.29) is 5.69 Å². The molecule has 0 saturated heterocycles. The summed E-state index contributed by atoms with van der Waals surface area (Å²) in [5.41, 5.74) is 15.5. The number of aromatic nitrogens is 2. The molecule has 4 N–H and O–H groups in total. The molecule has 0 spiro atoms. The van der Waals surface area contributed by atoms with Crippen molar-refractivity contribution in [3.05, 3.63) is 64.9 Å². The van der Waals surface area contributed by atoms with Gasteiger partial charge in [0.15, 0.2) is 5.13 Å². The molecule has 0 aliphatic rings. The van der Waals surface area contributed by atoms with Gasteiger partial charge in [0.1, 0.15) is 5.69 Å². The van der Waals surface area contributed by atoms with E-state index in [9.17, 15) is 4.79 Å². The second-order valence-electron chi connectivity index (χ2n) is 7.41. The second kappa shape index (κ2) is 7.54. The maximum atomic E-state index is 12.1. The third-order valence-electron chi connectivity index (χ3n) is 4.74. The van der Waals surface area contributed by atoms with Crippen molar-refractivity contribution in [1.82, 2.24) is 9.55 Å². The third-order valence-corrected chi connectivity index (χ3v) is 6.06. The Balaban J connectivity index is 1.95. The highest BCUT2D eigenvalue weighted by Gasteiger charge is 2.21. The lowest BCUT2D eigenvalue weighted by Gasteiger charge is -2.03. The predicted octanol–water partition coefficient (Wildman–Crippen LogP) is 5.29. The molecule has 0 atom stereocenters. The third kappa shape index (κ3) is 3.61. The van der Waals surface area contributed by atoms with Gasteiger partial charge in [-0.25, -0.2) is 4.98 Å². The Morgan fingerprint density at radius 3 is 2.69 bits per heavy atom. The number of nitrogen functional groups attached to an aromatic ring is 1. The van der Waals surface area contributed by atoms with E-state index < -0.39 is 5.91 Å². The minimum atomic E-state index is -0.581. The number of hydrogen-bond donors (Lipinski definition) is 2. The van der Waals surface area contributed by atoms with E-state index >= 15 is 0 Å². The van der Waals surface area contributed by atoms with Gasteiger partial charge in [-0.3, -0.25) is 9.36 Å². The molecule has 4 rings (SSSR count). The molecule has 7 heteroatoms. The van der Waals surface area contributed by atoms with Crippen LogP contribution in [0.5, 0.6) is 0 Å². The average Bonchev–Trinajstić information content (AvgIpc) is 3.24. The fourth-order valence-corrected chi connectivity index (χ4v) is 4.77. The van der Waals surface area contributed by atoms with Gasteiger partial charge >= 0.3 is 0 Å². The molecule has 0 saturated carbocycles. The summed E-state index contributed by atoms with van der Waals surface area (Å²) in [4.78, 5) is 17.4. The predicted molar refractivity (Wildman–Crippen MR) is 121 cm³/mol. The van der Waals surface area contributed by atoms with Crippen molar-refractivity contribution in [3.8, 4) is 15.6 Å². The molecule has 148 valence electrons. The molecule has 0 bridgehead atoms. The summed E-state index contributed by atoms with van der Waals surface area (Å²) in [5.74, 6) is -0.0791. The number of anilines is 1. The maximum absolute atomic E-state index is 12.1. The summed E-state index contributed by atoms with van der Waals surface area (Å²) >= 11 is 7.66. The largest absolute Gasteiger partial charge is 0.398 e. The number of hydrogen-bond acceptors (Lipinski definition) is 4. The minimum absolute atomic E-state index is 0.220. The normalized spacial score (nSPS) is 11.4. The van der Waals surface area contributed by atoms with Crippen LogP contribution in [0.15, 0.2) is 48.7 Å². The summed E-state index contributed by atoms with van der Waals surface area (Å²) in [6, 6.07) is 13.2. The number of carbonyl (C=O) groups is 1. The van der Waals surface area contributed by atoms with E-state index in [4.69, 9.17) is 23.1 Å². The molecule has 0 radical (unpaired) electrons. The first kappa shape index (κ1) is 19.5. The van der Waals surface area contributed by atoms with Gasteiger partial charge in [0.2, 0.25) is 0 Å². The van der Waals surface area contributed by atoms with E-state index in [2.05, 4.69) is 25.0 Å². The van der Waals surface area contributed by atoms with Crippen molar-refractivity contribution in [1.29, 1.82) is 0 Å². The van der Waals surface area contributed by atoms with Crippen molar-refractivity contribution >= 4 is 45.4 Å². The number of nitrogens with two attached hydrogens (primary N) is 2. The van der Waals surface area contributed by atoms with E-state index in [0.29, 0.717) is 26.6 Å². The maximum Gasteiger partial charge on any atom is 0.268 e. The van der Waals surface area contributed by atoms with Crippen molar-refractivity contribution in [2.75, 3.05) is 5.73 Å². The van der Waals surface area contributed by atoms with Gasteiger partial charge in [-0.2, -0.15) is 0 Å². The van der Waals surface area contributed by atoms with Crippen LogP contribution in [-0.4, -0.2) is 15.5 Å². The van der Waals surface area contributed by atoms with Gasteiger partial charge in [0, 0.05) is 27.9 Å². The van der Waals surface area contributed by atoms with Crippen LogP contribution in [0.1, 0.15) is 29.9 Å². The Hall–Kier alpha value is -2.83. The zero-order valence-electron chi connectivity index (χ0n) is 16.1. The molecule has 2 aromatic carbocycles. The van der Waals surface area contributed by atoms with Gasteiger partial charge in [-0.05, 0) is 36.1 Å². The quantitative estimate of drug-likeness (QED) is 0.427. The van der Waals surface area contributed by atoms with Crippen molar-refractivity contribution in [2.45, 2.75) is 20.3 Å². The van der Waals surface area contributed by atoms with Crippen LogP contribution in [0.2, 0.25) is 5.02 Å². The van der Waals surface area contributed by atoms with Crippen LogP contribution < -0.4 is 11.5 Å². The lowest BCUT2D eigenvalue weighted by Crippen LogP contribution is -2.13. The van der Waals surface area contributed by atoms with Gasteiger partial charge in [0.25, 0.3) is 5.91 Å². The molecule has 1 amide bonds. The highest BCUT2D eigenvalue weighted by molar-refractivity contribution is 7.18. The number of carbonyl (C=O) groups excluding carboxylic acids is 1. The highest BCUT2D eigenvalue weighted by atomic mass is 35.5. The summed E-state index contributed by atoms with van der Waals surface area (Å²) in [6.45, 7) is 4.37. The zero-order valence-corrected chi connectivity index (χ0v) is 17.7. The fraction of sp³-hybridized carbons (Fsp3) is 0.182. The topological polar surface area (TPSA) is 86.9 Å². The molecule has 0 unspecified atom stereocenters. The highest BCUT2D eigenvalue weighted by Crippen LogP contribution is 2.37. The van der Waals surface area contributed by atoms with Crippen LogP contribution in [0.4, 0.5) is 5.69 Å². The summed E-state index contributed by atoms with van der Waals surface area (Å²) in [7, 11) is 0. The summed E-state index contributed by atoms with van der Waals surface area (Å²) < 4.78 is 1.98. The molecule has 2 aromatic heterocycles. The van der Waals surface area contributed by atoms with Crippen LogP contribution >= 0.6 is 22.9 Å². The SMILES string of the molecule is CC(C)Cc1cn(-c2nc(C(N)=O)c(-c3ccccc3N)s2)c2cc(Cl)ccc12. The number of amides is 1. The van der Waals surface area contributed by atoms with E-state index in [1.807, 2.05) is 41.0 Å². The number of benzene rings is 2. The molecule has 4 aromatic rings. The van der Waals surface area contributed by atoms with E-state index in [1.54, 1.807) is 6.07 Å². The lowest BCUT2D eigenvalue weighted by molar-refractivity contribution is 0.0997. The number of halogens is 1. The van der Waals surface area contributed by atoms with Crippen LogP contribution in [-0.2, 0) is 6.42 Å². The second-order valence-corrected chi connectivity index (χ2v) is 8.82. The molecule has 2 heterocycles. The average molecular weight is 425 g/mol. The molecule has 0 aliphatic carbocycles. The first-order valence-corrected chi connectivity index (χ1v) is 10.5. The van der Waals surface area contributed by atoms with Crippen LogP contribution in [0.25, 0.3) is 26.5 Å². The first-order chi connectivity index (χ1) is 13.8. The molecular weight excluding hydrogens is 404 g/mol. The number of nitrogens with zero attached hydrogens (tertiary/aromatic N) is 2. The van der Waals surface area contributed by atoms with Crippen LogP contribution in [0, 0.1) is 5.92 Å². The monoisotopic (exact) mass is 424 g/mol. The summed E-state index contributed by atoms with van der Waals surface area (Å²) in [6.07, 6.45) is 3.00. The molecular formula is C22H21ClN4OS. The van der Waals surface area contributed by atoms with Gasteiger partial charge in [-0.1, -0.05) is 61.1 Å². The van der Waals surface area contributed by atoms with Crippen molar-refractivity contribution < 1.29 is 4.79 Å². The number of primary amides is 1. The Labute approximate surface area is 177 Å². The van der Waals surface area contributed by atoms with Gasteiger partial charge in [-0.15, -0.1) is 0 Å². The van der Waals surface area contributed by atoms with Gasteiger partial charge < -0.3 is 11.5 Å². The smallest absolute Gasteiger partial charge is 0.268 e. The Morgan fingerprint density at radius 1 is 1.24 bits per heavy atom. The molecule has 0 fully saturated rings. The van der Waals surface area contributed by atoms with E-state index in [0.717, 1.165) is 22.9 Å². The van der Waals surface area contributed by atoms with Crippen LogP contribution in [0.3, 0.4) is 0 Å². The Morgan fingerprint density at radius 2 is 2.00 bits per heavy atom. The molecule has 29 heavy (non-hydrogen) atoms. The Kier molecular flexibility index (Phi) is 5.06. The minimum Gasteiger partial charge on any atom is -0.398 e. The molecule has 0 aliphatic heterocycles. The Bertz CT molecular complexity index is 1230. The summed E-state index contributed by atoms with van der Waals surface area (Å²) in [5, 5.41) is 2.42. The lowest BCUT2D eigenvalue weighted by atomic mass is 10.0. The van der Waals surface area contributed by atoms with Gasteiger partial charge in [0.05, 0.1) is 10.4 Å². The van der Waals surface area contributed by atoms with Crippen molar-refractivity contribution in [2.24, 2.45) is 11.7 Å². The first-order valence-electron chi connectivity index (χ1n) is 9.30. The number of fused-ring (bicyclic) bond motifs is 1. The fourth-order valence-electron chi connectivity index (χ4n) is 3.50. The standard InChI is InChI=1S/C22H21ClN4OS/c1-12(2)9-13-11-27(18-10-14(23)7-8-15(13)18)22-26-19(21(25)28)20(29-22)16-5-3-4-6-17(16)24/h3-8,10-12H,9,24H2,1-2H3,(H2,25,28). The zero-order chi connectivity index (χ0) is 20.7. The van der Waals surface area contributed by atoms with Crippen molar-refractivity contribution in [3.63, 3.8) is 0 Å². The molecule has 5 nitrogen and oxygen atoms in total.